The second-order valence-electron chi connectivity index (χ2n) is 4.84. The van der Waals surface area contributed by atoms with Crippen molar-refractivity contribution in [1.29, 1.82) is 0 Å². The zero-order chi connectivity index (χ0) is 15.1. The second kappa shape index (κ2) is 7.81. The van der Waals surface area contributed by atoms with Crippen molar-refractivity contribution in [1.82, 2.24) is 0 Å². The summed E-state index contributed by atoms with van der Waals surface area (Å²) >= 11 is 6.05. The van der Waals surface area contributed by atoms with Crippen LogP contribution in [0.1, 0.15) is 17.5 Å². The third-order valence-corrected chi connectivity index (χ3v) is 3.51. The zero-order valence-electron chi connectivity index (χ0n) is 11.7. The number of hydrogen-bond acceptors (Lipinski definition) is 2. The van der Waals surface area contributed by atoms with Gasteiger partial charge in [0.1, 0.15) is 0 Å². The van der Waals surface area contributed by atoms with Crippen LogP contribution in [0, 0.1) is 0 Å². The zero-order valence-corrected chi connectivity index (χ0v) is 12.4. The Morgan fingerprint density at radius 3 is 2.71 bits per heavy atom. The van der Waals surface area contributed by atoms with E-state index in [-0.39, 0.29) is 18.9 Å². The molecule has 2 aromatic carbocycles. The summed E-state index contributed by atoms with van der Waals surface area (Å²) in [5.41, 5.74) is 2.68. The van der Waals surface area contributed by atoms with Gasteiger partial charge in [0.25, 0.3) is 0 Å². The van der Waals surface area contributed by atoms with Crippen molar-refractivity contribution in [2.75, 3.05) is 11.9 Å². The lowest BCUT2D eigenvalue weighted by molar-refractivity contribution is -0.115. The highest BCUT2D eigenvalue weighted by atomic mass is 35.5. The largest absolute Gasteiger partial charge is 0.396 e. The molecule has 0 saturated carbocycles. The van der Waals surface area contributed by atoms with Gasteiger partial charge >= 0.3 is 0 Å². The molecule has 0 aliphatic rings. The van der Waals surface area contributed by atoms with Crippen LogP contribution in [0.5, 0.6) is 0 Å². The lowest BCUT2D eigenvalue weighted by Gasteiger charge is -2.08. The van der Waals surface area contributed by atoms with E-state index in [0.717, 1.165) is 29.7 Å². The van der Waals surface area contributed by atoms with E-state index in [0.29, 0.717) is 5.02 Å². The molecule has 0 atom stereocenters. The standard InChI is InChI=1S/C17H18ClNO2/c18-16-9-2-1-7-14(16)12-17(21)19-15-8-3-5-13(11-15)6-4-10-20/h1-3,5,7-9,11,20H,4,6,10,12H2,(H,19,21). The molecule has 2 N–H and O–H groups in total. The first-order valence-corrected chi connectivity index (χ1v) is 7.30. The molecular weight excluding hydrogens is 286 g/mol. The Balaban J connectivity index is 1.98. The molecule has 0 bridgehead atoms. The molecule has 2 rings (SSSR count). The second-order valence-corrected chi connectivity index (χ2v) is 5.25. The highest BCUT2D eigenvalue weighted by Crippen LogP contribution is 2.17. The fraction of sp³-hybridized carbons (Fsp3) is 0.235. The Hall–Kier alpha value is -1.84. The highest BCUT2D eigenvalue weighted by Gasteiger charge is 2.07. The fourth-order valence-electron chi connectivity index (χ4n) is 2.11. The van der Waals surface area contributed by atoms with Gasteiger partial charge in [-0.1, -0.05) is 41.9 Å². The van der Waals surface area contributed by atoms with Crippen molar-refractivity contribution >= 4 is 23.2 Å². The first kappa shape index (κ1) is 15.5. The van der Waals surface area contributed by atoms with Crippen LogP contribution in [0.4, 0.5) is 5.69 Å². The number of halogens is 1. The predicted octanol–water partition coefficient (Wildman–Crippen LogP) is 3.45. The smallest absolute Gasteiger partial charge is 0.228 e. The van der Waals surface area contributed by atoms with E-state index in [2.05, 4.69) is 5.32 Å². The van der Waals surface area contributed by atoms with Crippen molar-refractivity contribution in [3.63, 3.8) is 0 Å². The van der Waals surface area contributed by atoms with E-state index in [1.807, 2.05) is 42.5 Å². The molecule has 0 aliphatic carbocycles. The molecule has 0 unspecified atom stereocenters. The van der Waals surface area contributed by atoms with E-state index in [1.54, 1.807) is 6.07 Å². The molecule has 2 aromatic rings. The van der Waals surface area contributed by atoms with Crippen molar-refractivity contribution in [2.24, 2.45) is 0 Å². The minimum absolute atomic E-state index is 0.0950. The molecular formula is C17H18ClNO2. The number of carbonyl (C=O) groups is 1. The molecule has 0 spiro atoms. The SMILES string of the molecule is O=C(Cc1ccccc1Cl)Nc1cccc(CCCO)c1. The van der Waals surface area contributed by atoms with E-state index in [9.17, 15) is 4.79 Å². The third-order valence-electron chi connectivity index (χ3n) is 3.14. The summed E-state index contributed by atoms with van der Waals surface area (Å²) in [4.78, 5) is 12.0. The van der Waals surface area contributed by atoms with Gasteiger partial charge in [0.15, 0.2) is 0 Å². The summed E-state index contributed by atoms with van der Waals surface area (Å²) in [6, 6.07) is 15.0. The summed E-state index contributed by atoms with van der Waals surface area (Å²) < 4.78 is 0. The Labute approximate surface area is 129 Å². The van der Waals surface area contributed by atoms with E-state index >= 15 is 0 Å². The van der Waals surface area contributed by atoms with Crippen molar-refractivity contribution < 1.29 is 9.90 Å². The summed E-state index contributed by atoms with van der Waals surface area (Å²) in [6.07, 6.45) is 1.77. The lowest BCUT2D eigenvalue weighted by atomic mass is 10.1. The van der Waals surface area contributed by atoms with Gasteiger partial charge in [-0.15, -0.1) is 0 Å². The van der Waals surface area contributed by atoms with Crippen molar-refractivity contribution in [3.8, 4) is 0 Å². The monoisotopic (exact) mass is 303 g/mol. The maximum atomic E-state index is 12.0. The Morgan fingerprint density at radius 1 is 1.14 bits per heavy atom. The molecule has 0 saturated heterocycles. The molecule has 0 fully saturated rings. The number of aliphatic hydroxyl groups excluding tert-OH is 1. The lowest BCUT2D eigenvalue weighted by Crippen LogP contribution is -2.14. The molecule has 110 valence electrons. The van der Waals surface area contributed by atoms with Gasteiger partial charge in [0.05, 0.1) is 6.42 Å². The number of aliphatic hydroxyl groups is 1. The Morgan fingerprint density at radius 2 is 1.95 bits per heavy atom. The van der Waals surface area contributed by atoms with Gasteiger partial charge in [-0.25, -0.2) is 0 Å². The molecule has 0 radical (unpaired) electrons. The normalized spacial score (nSPS) is 10.4. The van der Waals surface area contributed by atoms with Gasteiger partial charge in [0, 0.05) is 17.3 Å². The molecule has 0 aromatic heterocycles. The number of amides is 1. The number of aryl methyl sites for hydroxylation is 1. The van der Waals surface area contributed by atoms with E-state index in [4.69, 9.17) is 16.7 Å². The van der Waals surface area contributed by atoms with Crippen LogP contribution >= 0.6 is 11.6 Å². The molecule has 4 heteroatoms. The number of nitrogens with one attached hydrogen (secondary N) is 1. The van der Waals surface area contributed by atoms with Crippen LogP contribution in [0.25, 0.3) is 0 Å². The number of rotatable bonds is 6. The molecule has 21 heavy (non-hydrogen) atoms. The fourth-order valence-corrected chi connectivity index (χ4v) is 2.31. The van der Waals surface area contributed by atoms with Gasteiger partial charge < -0.3 is 10.4 Å². The van der Waals surface area contributed by atoms with Gasteiger partial charge in [-0.2, -0.15) is 0 Å². The summed E-state index contributed by atoms with van der Waals surface area (Å²) in [5.74, 6) is -0.0950. The average molecular weight is 304 g/mol. The minimum Gasteiger partial charge on any atom is -0.396 e. The van der Waals surface area contributed by atoms with Crippen LogP contribution in [0.3, 0.4) is 0 Å². The van der Waals surface area contributed by atoms with Crippen LogP contribution in [0.15, 0.2) is 48.5 Å². The summed E-state index contributed by atoms with van der Waals surface area (Å²) in [7, 11) is 0. The van der Waals surface area contributed by atoms with Crippen molar-refractivity contribution in [3.05, 3.63) is 64.7 Å². The predicted molar refractivity (Wildman–Crippen MR) is 85.6 cm³/mol. The summed E-state index contributed by atoms with van der Waals surface area (Å²) in [5, 5.41) is 12.3. The molecule has 3 nitrogen and oxygen atoms in total. The van der Waals surface area contributed by atoms with Crippen LogP contribution < -0.4 is 5.32 Å². The first-order valence-electron chi connectivity index (χ1n) is 6.92. The number of carbonyl (C=O) groups excluding carboxylic acids is 1. The van der Waals surface area contributed by atoms with Gasteiger partial charge in [-0.05, 0) is 42.2 Å². The van der Waals surface area contributed by atoms with E-state index in [1.165, 1.54) is 0 Å². The van der Waals surface area contributed by atoms with E-state index < -0.39 is 0 Å². The molecule has 0 aliphatic heterocycles. The first-order chi connectivity index (χ1) is 10.2. The van der Waals surface area contributed by atoms with Crippen LogP contribution in [-0.4, -0.2) is 17.6 Å². The molecule has 1 amide bonds. The maximum absolute atomic E-state index is 12.0. The Kier molecular flexibility index (Phi) is 5.78. The van der Waals surface area contributed by atoms with Gasteiger partial charge in [0.2, 0.25) is 5.91 Å². The topological polar surface area (TPSA) is 49.3 Å². The van der Waals surface area contributed by atoms with Crippen LogP contribution in [-0.2, 0) is 17.6 Å². The number of benzene rings is 2. The average Bonchev–Trinajstić information content (AvgIpc) is 2.48. The maximum Gasteiger partial charge on any atom is 0.228 e. The third kappa shape index (κ3) is 4.88. The Bertz CT molecular complexity index is 613. The number of anilines is 1. The minimum atomic E-state index is -0.0950. The highest BCUT2D eigenvalue weighted by molar-refractivity contribution is 6.31. The summed E-state index contributed by atoms with van der Waals surface area (Å²) in [6.45, 7) is 0.170. The quantitative estimate of drug-likeness (QED) is 0.859. The molecule has 0 heterocycles. The number of hydrogen-bond donors (Lipinski definition) is 2. The van der Waals surface area contributed by atoms with Crippen LogP contribution in [0.2, 0.25) is 5.02 Å². The van der Waals surface area contributed by atoms with Gasteiger partial charge in [-0.3, -0.25) is 4.79 Å². The van der Waals surface area contributed by atoms with Crippen molar-refractivity contribution in [2.45, 2.75) is 19.3 Å².